The van der Waals surface area contributed by atoms with Gasteiger partial charge in [-0.05, 0) is 50.4 Å². The van der Waals surface area contributed by atoms with Gasteiger partial charge >= 0.3 is 6.03 Å². The highest BCUT2D eigenvalue weighted by Crippen LogP contribution is 2.34. The van der Waals surface area contributed by atoms with Crippen LogP contribution in [0.15, 0.2) is 18.2 Å². The van der Waals surface area contributed by atoms with E-state index in [-0.39, 0.29) is 30.3 Å². The van der Waals surface area contributed by atoms with Crippen molar-refractivity contribution in [2.45, 2.75) is 45.1 Å². The van der Waals surface area contributed by atoms with Crippen molar-refractivity contribution in [1.29, 1.82) is 0 Å². The molecule has 2 heterocycles. The Balaban J connectivity index is 1.55. The minimum absolute atomic E-state index is 0.0921. The van der Waals surface area contributed by atoms with Crippen molar-refractivity contribution >= 4 is 29.2 Å². The number of nitrogens with one attached hydrogen (secondary N) is 3. The summed E-state index contributed by atoms with van der Waals surface area (Å²) >= 11 is 0. The van der Waals surface area contributed by atoms with Crippen LogP contribution in [-0.2, 0) is 4.79 Å². The molecule has 1 saturated carbocycles. The van der Waals surface area contributed by atoms with Gasteiger partial charge < -0.3 is 20.9 Å². The first-order valence-electron chi connectivity index (χ1n) is 11.0. The van der Waals surface area contributed by atoms with E-state index in [1.165, 1.54) is 12.8 Å². The quantitative estimate of drug-likeness (QED) is 0.705. The van der Waals surface area contributed by atoms with E-state index in [1.807, 2.05) is 11.8 Å². The Morgan fingerprint density at radius 3 is 2.83 bits per heavy atom. The predicted octanol–water partition coefficient (Wildman–Crippen LogP) is 2.17. The van der Waals surface area contributed by atoms with Crippen LogP contribution in [0.25, 0.3) is 0 Å². The van der Waals surface area contributed by atoms with Gasteiger partial charge in [0, 0.05) is 44.2 Å². The van der Waals surface area contributed by atoms with Crippen LogP contribution in [0.1, 0.15) is 49.4 Å². The number of carbonyl (C=O) groups is 3. The lowest BCUT2D eigenvalue weighted by Gasteiger charge is -2.33. The molecule has 2 fully saturated rings. The summed E-state index contributed by atoms with van der Waals surface area (Å²) < 4.78 is 0. The number of hydrogen-bond donors (Lipinski definition) is 3. The van der Waals surface area contributed by atoms with Gasteiger partial charge in [-0.2, -0.15) is 0 Å². The second-order valence-electron chi connectivity index (χ2n) is 8.56. The summed E-state index contributed by atoms with van der Waals surface area (Å²) in [6.07, 6.45) is 4.65. The summed E-state index contributed by atoms with van der Waals surface area (Å²) in [6, 6.07) is 4.84. The molecule has 1 saturated heterocycles. The molecule has 30 heavy (non-hydrogen) atoms. The molecule has 8 heteroatoms. The number of carbonyl (C=O) groups excluding carboxylic acids is 3. The monoisotopic (exact) mass is 413 g/mol. The maximum Gasteiger partial charge on any atom is 0.324 e. The fraction of sp³-hybridized carbons (Fsp3) is 0.591. The second-order valence-corrected chi connectivity index (χ2v) is 8.56. The number of fused-ring (bicyclic) bond motifs is 1. The molecule has 0 aromatic heterocycles. The number of hydrogen-bond acceptors (Lipinski definition) is 4. The van der Waals surface area contributed by atoms with E-state index >= 15 is 0 Å². The topological polar surface area (TPSA) is 93.8 Å². The van der Waals surface area contributed by atoms with Gasteiger partial charge in [0.1, 0.15) is 0 Å². The summed E-state index contributed by atoms with van der Waals surface area (Å²) in [7, 11) is 0. The van der Waals surface area contributed by atoms with Gasteiger partial charge in [0.2, 0.25) is 5.91 Å². The maximum atomic E-state index is 13.4. The van der Waals surface area contributed by atoms with Gasteiger partial charge in [0.25, 0.3) is 5.91 Å². The molecule has 0 radical (unpaired) electrons. The minimum atomic E-state index is -0.270. The van der Waals surface area contributed by atoms with Crippen LogP contribution < -0.4 is 20.9 Å². The Morgan fingerprint density at radius 2 is 2.03 bits per heavy atom. The number of amides is 4. The highest BCUT2D eigenvalue weighted by atomic mass is 16.2. The summed E-state index contributed by atoms with van der Waals surface area (Å²) in [6.45, 7) is 5.54. The van der Waals surface area contributed by atoms with E-state index in [9.17, 15) is 14.4 Å². The normalized spacial score (nSPS) is 21.9. The van der Waals surface area contributed by atoms with Crippen molar-refractivity contribution in [3.63, 3.8) is 0 Å². The summed E-state index contributed by atoms with van der Waals surface area (Å²) in [5.41, 5.74) is 1.65. The predicted molar refractivity (Wildman–Crippen MR) is 116 cm³/mol. The molecule has 8 nitrogen and oxygen atoms in total. The highest BCUT2D eigenvalue weighted by molar-refractivity contribution is 6.06. The van der Waals surface area contributed by atoms with Gasteiger partial charge in [0.05, 0.1) is 11.4 Å². The van der Waals surface area contributed by atoms with Gasteiger partial charge in [-0.3, -0.25) is 14.5 Å². The number of benzene rings is 1. The molecular formula is C22H31N5O3. The lowest BCUT2D eigenvalue weighted by molar-refractivity contribution is -0.116. The van der Waals surface area contributed by atoms with Crippen molar-refractivity contribution in [1.82, 2.24) is 15.5 Å². The van der Waals surface area contributed by atoms with E-state index in [0.29, 0.717) is 36.6 Å². The van der Waals surface area contributed by atoms with Crippen molar-refractivity contribution in [2.75, 3.05) is 42.9 Å². The van der Waals surface area contributed by atoms with Gasteiger partial charge in [-0.1, -0.05) is 12.8 Å². The van der Waals surface area contributed by atoms with Gasteiger partial charge in [-0.15, -0.1) is 0 Å². The van der Waals surface area contributed by atoms with Crippen molar-refractivity contribution in [2.24, 2.45) is 5.92 Å². The van der Waals surface area contributed by atoms with E-state index in [4.69, 9.17) is 0 Å². The zero-order valence-corrected chi connectivity index (χ0v) is 17.6. The Bertz CT molecular complexity index is 815. The smallest absolute Gasteiger partial charge is 0.324 e. The van der Waals surface area contributed by atoms with Crippen LogP contribution in [0.3, 0.4) is 0 Å². The highest BCUT2D eigenvalue weighted by Gasteiger charge is 2.33. The molecule has 162 valence electrons. The van der Waals surface area contributed by atoms with Gasteiger partial charge in [-0.25, -0.2) is 4.79 Å². The number of nitrogens with zero attached hydrogens (tertiary/aromatic N) is 2. The molecule has 4 amide bonds. The molecule has 4 rings (SSSR count). The van der Waals surface area contributed by atoms with Crippen LogP contribution in [0, 0.1) is 5.92 Å². The number of urea groups is 1. The lowest BCUT2D eigenvalue weighted by Crippen LogP contribution is -2.48. The van der Waals surface area contributed by atoms with Crippen molar-refractivity contribution < 1.29 is 14.4 Å². The molecule has 0 unspecified atom stereocenters. The Labute approximate surface area is 177 Å². The zero-order valence-electron chi connectivity index (χ0n) is 17.6. The average Bonchev–Trinajstić information content (AvgIpc) is 3.55. The standard InChI is InChI=1S/C22H31N5O3/c1-15-13-20(28)25-18-14-17(21(29)24-9-7-16-3-4-16)5-6-19(18)27(15)22(30)26-11-2-8-23-10-12-26/h5-6,14-16,23H,2-4,7-13H2,1H3,(H,24,29)(H,25,28)/t15-/m0/s1. The van der Waals surface area contributed by atoms with E-state index < -0.39 is 0 Å². The molecule has 3 aliphatic rings. The second kappa shape index (κ2) is 9.04. The third-order valence-corrected chi connectivity index (χ3v) is 6.07. The van der Waals surface area contributed by atoms with Crippen LogP contribution in [-0.4, -0.2) is 61.5 Å². The molecule has 2 aliphatic heterocycles. The fourth-order valence-electron chi connectivity index (χ4n) is 4.17. The molecular weight excluding hydrogens is 382 g/mol. The Morgan fingerprint density at radius 1 is 1.20 bits per heavy atom. The number of rotatable bonds is 4. The largest absolute Gasteiger partial charge is 0.352 e. The SMILES string of the molecule is C[C@H]1CC(=O)Nc2cc(C(=O)NCCC3CC3)ccc2N1C(=O)N1CCCNCC1. The molecule has 0 spiro atoms. The van der Waals surface area contributed by atoms with Crippen LogP contribution in [0.5, 0.6) is 0 Å². The first-order valence-corrected chi connectivity index (χ1v) is 11.0. The van der Waals surface area contributed by atoms with E-state index in [1.54, 1.807) is 23.1 Å². The van der Waals surface area contributed by atoms with Crippen LogP contribution in [0.2, 0.25) is 0 Å². The summed E-state index contributed by atoms with van der Waals surface area (Å²) in [5, 5.41) is 9.16. The van der Waals surface area contributed by atoms with Crippen LogP contribution in [0.4, 0.5) is 16.2 Å². The molecule has 3 N–H and O–H groups in total. The fourth-order valence-corrected chi connectivity index (χ4v) is 4.17. The molecule has 1 aromatic carbocycles. The number of anilines is 2. The molecule has 0 bridgehead atoms. The van der Waals surface area contributed by atoms with E-state index in [0.717, 1.165) is 31.8 Å². The zero-order chi connectivity index (χ0) is 21.1. The molecule has 1 aromatic rings. The van der Waals surface area contributed by atoms with Crippen molar-refractivity contribution in [3.05, 3.63) is 23.8 Å². The average molecular weight is 414 g/mol. The van der Waals surface area contributed by atoms with Crippen LogP contribution >= 0.6 is 0 Å². The Hall–Kier alpha value is -2.61. The third kappa shape index (κ3) is 4.75. The Kier molecular flexibility index (Phi) is 6.22. The minimum Gasteiger partial charge on any atom is -0.352 e. The maximum absolute atomic E-state index is 13.4. The first kappa shape index (κ1) is 20.7. The lowest BCUT2D eigenvalue weighted by atomic mass is 10.1. The van der Waals surface area contributed by atoms with Gasteiger partial charge in [0.15, 0.2) is 0 Å². The molecule has 1 aliphatic carbocycles. The van der Waals surface area contributed by atoms with E-state index in [2.05, 4.69) is 16.0 Å². The summed E-state index contributed by atoms with van der Waals surface area (Å²) in [4.78, 5) is 41.9. The van der Waals surface area contributed by atoms with Crippen molar-refractivity contribution in [3.8, 4) is 0 Å². The summed E-state index contributed by atoms with van der Waals surface area (Å²) in [5.74, 6) is 0.455. The third-order valence-electron chi connectivity index (χ3n) is 6.07. The molecule has 1 atom stereocenters. The first-order chi connectivity index (χ1) is 14.5.